The Labute approximate surface area is 190 Å². The normalized spacial score (nSPS) is 10.1. The number of benzene rings is 2. The molecule has 0 aromatic heterocycles. The van der Waals surface area contributed by atoms with Crippen molar-refractivity contribution in [3.63, 3.8) is 0 Å². The van der Waals surface area contributed by atoms with Gasteiger partial charge in [0, 0.05) is 12.1 Å². The molecule has 2 N–H and O–H groups in total. The maximum Gasteiger partial charge on any atom is 0.180 e. The van der Waals surface area contributed by atoms with Crippen LogP contribution in [0.4, 0.5) is 4.39 Å². The van der Waals surface area contributed by atoms with E-state index >= 15 is 0 Å². The van der Waals surface area contributed by atoms with Crippen LogP contribution >= 0.6 is 36.4 Å². The van der Waals surface area contributed by atoms with Crippen molar-refractivity contribution in [1.29, 1.82) is 0 Å². The van der Waals surface area contributed by atoms with Crippen molar-refractivity contribution in [2.45, 2.75) is 33.4 Å². The Kier molecular flexibility index (Phi) is 14.9. The van der Waals surface area contributed by atoms with Crippen molar-refractivity contribution in [3.05, 3.63) is 58.4 Å². The highest BCUT2D eigenvalue weighted by molar-refractivity contribution is 6.32. The van der Waals surface area contributed by atoms with Crippen LogP contribution in [0.5, 0.6) is 11.5 Å². The number of hydrogen-bond donors (Lipinski definition) is 2. The first-order chi connectivity index (χ1) is 13.2. The third-order valence-corrected chi connectivity index (χ3v) is 4.27. The predicted octanol–water partition coefficient (Wildman–Crippen LogP) is 5.39. The summed E-state index contributed by atoms with van der Waals surface area (Å²) in [6.45, 7) is 8.18. The van der Waals surface area contributed by atoms with E-state index in [9.17, 15) is 4.39 Å². The van der Waals surface area contributed by atoms with Crippen molar-refractivity contribution in [2.24, 2.45) is 0 Å². The minimum absolute atomic E-state index is 0. The molecule has 0 unspecified atom stereocenters. The number of hydrogen-bond acceptors (Lipinski definition) is 4. The molecule has 0 aliphatic rings. The van der Waals surface area contributed by atoms with E-state index in [1.807, 2.05) is 19.1 Å². The summed E-state index contributed by atoms with van der Waals surface area (Å²) in [5.41, 5.74) is 1.49. The van der Waals surface area contributed by atoms with E-state index in [1.165, 1.54) is 6.07 Å². The Morgan fingerprint density at radius 1 is 1.00 bits per heavy atom. The Bertz CT molecular complexity index is 720. The third kappa shape index (κ3) is 9.41. The summed E-state index contributed by atoms with van der Waals surface area (Å²) in [4.78, 5) is 0. The monoisotopic (exact) mass is 466 g/mol. The molecule has 0 saturated carbocycles. The molecule has 8 heteroatoms. The van der Waals surface area contributed by atoms with E-state index in [4.69, 9.17) is 21.1 Å². The minimum Gasteiger partial charge on any atom is -0.490 e. The van der Waals surface area contributed by atoms with Crippen LogP contribution in [0.25, 0.3) is 0 Å². The molecular weight excluding hydrogens is 438 g/mol. The second-order valence-corrected chi connectivity index (χ2v) is 6.51. The molecule has 0 radical (unpaired) electrons. The van der Waals surface area contributed by atoms with Gasteiger partial charge in [-0.2, -0.15) is 0 Å². The zero-order chi connectivity index (χ0) is 19.5. The molecular formula is C21H30Cl3FN2O2. The standard InChI is InChI=1S/C21H28ClFN2O2.2ClH/c1-3-24-10-7-11-25-14-16-12-18(22)21(20(13-16)26-4-2)27-15-17-8-5-6-9-19(17)23;;/h5-6,8-9,12-13,24-25H,3-4,7,10-11,14-15H2,1-2H3;2*1H. The molecule has 0 atom stereocenters. The van der Waals surface area contributed by atoms with Crippen LogP contribution in [0, 0.1) is 5.82 Å². The van der Waals surface area contributed by atoms with Crippen molar-refractivity contribution >= 4 is 36.4 Å². The van der Waals surface area contributed by atoms with Crippen LogP contribution in [-0.2, 0) is 13.2 Å². The Morgan fingerprint density at radius 2 is 1.72 bits per heavy atom. The second kappa shape index (κ2) is 15.6. The van der Waals surface area contributed by atoms with E-state index in [0.29, 0.717) is 35.2 Å². The topological polar surface area (TPSA) is 42.5 Å². The first kappa shape index (κ1) is 27.8. The quantitative estimate of drug-likeness (QED) is 0.411. The fourth-order valence-corrected chi connectivity index (χ4v) is 2.93. The van der Waals surface area contributed by atoms with E-state index in [-0.39, 0.29) is 37.2 Å². The Balaban J connectivity index is 0.00000392. The molecule has 0 aliphatic heterocycles. The lowest BCUT2D eigenvalue weighted by Gasteiger charge is -2.16. The number of halogens is 4. The van der Waals surface area contributed by atoms with Gasteiger partial charge in [0.05, 0.1) is 11.6 Å². The molecule has 2 aromatic rings. The van der Waals surface area contributed by atoms with Gasteiger partial charge in [-0.3, -0.25) is 0 Å². The maximum atomic E-state index is 13.8. The van der Waals surface area contributed by atoms with Crippen molar-refractivity contribution in [2.75, 3.05) is 26.2 Å². The molecule has 0 spiro atoms. The molecule has 0 bridgehead atoms. The highest BCUT2D eigenvalue weighted by Crippen LogP contribution is 2.37. The smallest absolute Gasteiger partial charge is 0.180 e. The lowest BCUT2D eigenvalue weighted by Crippen LogP contribution is -2.21. The highest BCUT2D eigenvalue weighted by Gasteiger charge is 2.14. The van der Waals surface area contributed by atoms with E-state index < -0.39 is 0 Å². The van der Waals surface area contributed by atoms with Gasteiger partial charge in [-0.25, -0.2) is 4.39 Å². The molecule has 2 rings (SSSR count). The van der Waals surface area contributed by atoms with Crippen molar-refractivity contribution in [1.82, 2.24) is 10.6 Å². The first-order valence-electron chi connectivity index (χ1n) is 9.38. The minimum atomic E-state index is -0.301. The summed E-state index contributed by atoms with van der Waals surface area (Å²) in [6.07, 6.45) is 1.06. The average Bonchev–Trinajstić information content (AvgIpc) is 2.65. The Hall–Kier alpha value is -1.24. The van der Waals surface area contributed by atoms with Gasteiger partial charge in [0.2, 0.25) is 0 Å². The molecule has 0 fully saturated rings. The van der Waals surface area contributed by atoms with Crippen LogP contribution in [0.15, 0.2) is 36.4 Å². The second-order valence-electron chi connectivity index (χ2n) is 6.10. The zero-order valence-corrected chi connectivity index (χ0v) is 19.2. The van der Waals surface area contributed by atoms with Gasteiger partial charge in [-0.1, -0.05) is 36.7 Å². The van der Waals surface area contributed by atoms with Crippen molar-refractivity contribution in [3.8, 4) is 11.5 Å². The van der Waals surface area contributed by atoms with Crippen LogP contribution in [-0.4, -0.2) is 26.2 Å². The molecule has 2 aromatic carbocycles. The SMILES string of the molecule is CCNCCCNCc1cc(Cl)c(OCc2ccccc2F)c(OCC)c1.Cl.Cl. The summed E-state index contributed by atoms with van der Waals surface area (Å²) < 4.78 is 25.3. The molecule has 0 amide bonds. The summed E-state index contributed by atoms with van der Waals surface area (Å²) in [5.74, 6) is 0.716. The average molecular weight is 468 g/mol. The fraction of sp³-hybridized carbons (Fsp3) is 0.429. The van der Waals surface area contributed by atoms with Crippen LogP contribution in [0.2, 0.25) is 5.02 Å². The van der Waals surface area contributed by atoms with Gasteiger partial charge >= 0.3 is 0 Å². The van der Waals surface area contributed by atoms with Crippen molar-refractivity contribution < 1.29 is 13.9 Å². The molecule has 0 saturated heterocycles. The predicted molar refractivity (Wildman–Crippen MR) is 123 cm³/mol. The first-order valence-corrected chi connectivity index (χ1v) is 9.76. The number of rotatable bonds is 12. The summed E-state index contributed by atoms with van der Waals surface area (Å²) in [5, 5.41) is 7.15. The van der Waals surface area contributed by atoms with E-state index in [1.54, 1.807) is 18.2 Å². The van der Waals surface area contributed by atoms with Gasteiger partial charge in [-0.05, 0) is 56.7 Å². The van der Waals surface area contributed by atoms with Crippen LogP contribution < -0.4 is 20.1 Å². The van der Waals surface area contributed by atoms with E-state index in [0.717, 1.165) is 31.6 Å². The van der Waals surface area contributed by atoms with Crippen LogP contribution in [0.1, 0.15) is 31.4 Å². The zero-order valence-electron chi connectivity index (χ0n) is 16.8. The molecule has 0 aliphatic carbocycles. The summed E-state index contributed by atoms with van der Waals surface area (Å²) >= 11 is 6.42. The Morgan fingerprint density at radius 3 is 2.41 bits per heavy atom. The largest absolute Gasteiger partial charge is 0.490 e. The van der Waals surface area contributed by atoms with Gasteiger partial charge < -0.3 is 20.1 Å². The highest BCUT2D eigenvalue weighted by atomic mass is 35.5. The van der Waals surface area contributed by atoms with Gasteiger partial charge in [0.15, 0.2) is 11.5 Å². The maximum absolute atomic E-state index is 13.8. The molecule has 164 valence electrons. The van der Waals surface area contributed by atoms with Gasteiger partial charge in [-0.15, -0.1) is 24.8 Å². The summed E-state index contributed by atoms with van der Waals surface area (Å²) in [7, 11) is 0. The van der Waals surface area contributed by atoms with E-state index in [2.05, 4.69) is 17.6 Å². The lowest BCUT2D eigenvalue weighted by molar-refractivity contribution is 0.266. The van der Waals surface area contributed by atoms with Gasteiger partial charge in [0.1, 0.15) is 12.4 Å². The summed E-state index contributed by atoms with van der Waals surface area (Å²) in [6, 6.07) is 10.3. The fourth-order valence-electron chi connectivity index (χ4n) is 2.64. The van der Waals surface area contributed by atoms with Gasteiger partial charge in [0.25, 0.3) is 0 Å². The molecule has 0 heterocycles. The third-order valence-electron chi connectivity index (χ3n) is 3.99. The molecule has 4 nitrogen and oxygen atoms in total. The number of ether oxygens (including phenoxy) is 2. The lowest BCUT2D eigenvalue weighted by atomic mass is 10.2. The van der Waals surface area contributed by atoms with Crippen LogP contribution in [0.3, 0.4) is 0 Å². The number of nitrogens with one attached hydrogen (secondary N) is 2. The molecule has 29 heavy (non-hydrogen) atoms.